The van der Waals surface area contributed by atoms with E-state index < -0.39 is 10.0 Å². The molecule has 0 radical (unpaired) electrons. The van der Waals surface area contributed by atoms with Crippen LogP contribution in [0, 0.1) is 0 Å². The standard InChI is InChI=1S/C12H19N5O3S/c13-12-14-5-11(6-15-12)21(18,19)16-4-10-7-17-3-1-2-9(17)8-20-10/h5-6,9-10,16H,1-4,7-8H2,(H2,13,14,15). The van der Waals surface area contributed by atoms with Gasteiger partial charge in [0, 0.05) is 19.1 Å². The second kappa shape index (κ2) is 5.84. The van der Waals surface area contributed by atoms with Gasteiger partial charge in [0.25, 0.3) is 0 Å². The number of hydrogen-bond donors (Lipinski definition) is 2. The molecule has 2 saturated heterocycles. The lowest BCUT2D eigenvalue weighted by Crippen LogP contribution is -2.50. The van der Waals surface area contributed by atoms with Crippen molar-refractivity contribution in [1.29, 1.82) is 0 Å². The first-order valence-corrected chi connectivity index (χ1v) is 8.46. The molecule has 2 aliphatic rings. The first-order chi connectivity index (χ1) is 10.0. The maximum absolute atomic E-state index is 12.1. The number of aromatic nitrogens is 2. The lowest BCUT2D eigenvalue weighted by molar-refractivity contribution is -0.0449. The predicted octanol–water partition coefficient (Wildman–Crippen LogP) is -0.800. The molecule has 8 nitrogen and oxygen atoms in total. The molecule has 2 aliphatic heterocycles. The Bertz CT molecular complexity index is 591. The summed E-state index contributed by atoms with van der Waals surface area (Å²) in [6, 6.07) is 0.503. The van der Waals surface area contributed by atoms with E-state index in [2.05, 4.69) is 19.6 Å². The van der Waals surface area contributed by atoms with Gasteiger partial charge in [-0.3, -0.25) is 4.90 Å². The van der Waals surface area contributed by atoms with Crippen molar-refractivity contribution in [2.75, 3.05) is 32.0 Å². The number of nitrogens with one attached hydrogen (secondary N) is 1. The minimum atomic E-state index is -3.63. The van der Waals surface area contributed by atoms with Gasteiger partial charge in [-0.25, -0.2) is 23.1 Å². The minimum absolute atomic E-state index is 0.00607. The highest BCUT2D eigenvalue weighted by molar-refractivity contribution is 7.89. The average molecular weight is 313 g/mol. The molecule has 21 heavy (non-hydrogen) atoms. The van der Waals surface area contributed by atoms with Gasteiger partial charge in [-0.1, -0.05) is 0 Å². The summed E-state index contributed by atoms with van der Waals surface area (Å²) in [6.45, 7) is 2.77. The fraction of sp³-hybridized carbons (Fsp3) is 0.667. The zero-order valence-corrected chi connectivity index (χ0v) is 12.4. The molecule has 9 heteroatoms. The number of nitrogens with zero attached hydrogens (tertiary/aromatic N) is 3. The second-order valence-electron chi connectivity index (χ2n) is 5.38. The number of nitrogens with two attached hydrogens (primary N) is 1. The molecule has 1 aromatic rings. The molecule has 116 valence electrons. The van der Waals surface area contributed by atoms with Gasteiger partial charge in [0.1, 0.15) is 4.90 Å². The highest BCUT2D eigenvalue weighted by Gasteiger charge is 2.32. The van der Waals surface area contributed by atoms with Crippen LogP contribution in [0.3, 0.4) is 0 Å². The normalized spacial score (nSPS) is 26.7. The van der Waals surface area contributed by atoms with Crippen LogP contribution in [0.5, 0.6) is 0 Å². The number of morpholine rings is 1. The quantitative estimate of drug-likeness (QED) is 0.748. The molecule has 2 fully saturated rings. The Morgan fingerprint density at radius 2 is 2.19 bits per heavy atom. The number of fused-ring (bicyclic) bond motifs is 1. The Hall–Kier alpha value is -1.29. The molecule has 0 aromatic carbocycles. The van der Waals surface area contributed by atoms with Crippen LogP contribution >= 0.6 is 0 Å². The van der Waals surface area contributed by atoms with E-state index in [1.54, 1.807) is 0 Å². The molecule has 2 unspecified atom stereocenters. The molecule has 1 aromatic heterocycles. The van der Waals surface area contributed by atoms with Gasteiger partial charge < -0.3 is 10.5 Å². The third-order valence-electron chi connectivity index (χ3n) is 3.92. The van der Waals surface area contributed by atoms with Crippen LogP contribution in [0.25, 0.3) is 0 Å². The molecule has 3 rings (SSSR count). The third kappa shape index (κ3) is 3.31. The summed E-state index contributed by atoms with van der Waals surface area (Å²) in [6.07, 6.45) is 4.63. The molecule has 0 bridgehead atoms. The van der Waals surface area contributed by atoms with E-state index in [9.17, 15) is 8.42 Å². The third-order valence-corrected chi connectivity index (χ3v) is 5.30. The second-order valence-corrected chi connectivity index (χ2v) is 7.14. The van der Waals surface area contributed by atoms with E-state index in [0.29, 0.717) is 12.6 Å². The van der Waals surface area contributed by atoms with Gasteiger partial charge in [0.2, 0.25) is 16.0 Å². The Balaban J connectivity index is 1.58. The van der Waals surface area contributed by atoms with E-state index >= 15 is 0 Å². The van der Waals surface area contributed by atoms with Crippen LogP contribution < -0.4 is 10.5 Å². The van der Waals surface area contributed by atoms with Gasteiger partial charge >= 0.3 is 0 Å². The first-order valence-electron chi connectivity index (χ1n) is 6.97. The van der Waals surface area contributed by atoms with E-state index in [4.69, 9.17) is 10.5 Å². The maximum atomic E-state index is 12.1. The fourth-order valence-corrected chi connectivity index (χ4v) is 3.72. The van der Waals surface area contributed by atoms with Crippen molar-refractivity contribution in [3.05, 3.63) is 12.4 Å². The summed E-state index contributed by atoms with van der Waals surface area (Å²) in [5.74, 6) is 0.0460. The van der Waals surface area contributed by atoms with Crippen LogP contribution in [0.1, 0.15) is 12.8 Å². The summed E-state index contributed by atoms with van der Waals surface area (Å²) >= 11 is 0. The largest absolute Gasteiger partial charge is 0.374 e. The van der Waals surface area contributed by atoms with Crippen LogP contribution in [0.4, 0.5) is 5.95 Å². The summed E-state index contributed by atoms with van der Waals surface area (Å²) in [7, 11) is -3.63. The number of hydrogen-bond acceptors (Lipinski definition) is 7. The summed E-state index contributed by atoms with van der Waals surface area (Å²) in [4.78, 5) is 9.76. The van der Waals surface area contributed by atoms with Crippen molar-refractivity contribution in [3.8, 4) is 0 Å². The highest BCUT2D eigenvalue weighted by atomic mass is 32.2. The van der Waals surface area contributed by atoms with E-state index in [1.165, 1.54) is 25.2 Å². The molecule has 3 N–H and O–H groups in total. The number of ether oxygens (including phenoxy) is 1. The molecular formula is C12H19N5O3S. The predicted molar refractivity (Wildman–Crippen MR) is 76.0 cm³/mol. The SMILES string of the molecule is Nc1ncc(S(=O)(=O)NCC2CN3CCCC3CO2)cn1. The minimum Gasteiger partial charge on any atom is -0.374 e. The fourth-order valence-electron chi connectivity index (χ4n) is 2.76. The van der Waals surface area contributed by atoms with Crippen molar-refractivity contribution >= 4 is 16.0 Å². The average Bonchev–Trinajstić information content (AvgIpc) is 2.93. The monoisotopic (exact) mass is 313 g/mol. The van der Waals surface area contributed by atoms with E-state index in [1.807, 2.05) is 0 Å². The van der Waals surface area contributed by atoms with Crippen LogP contribution in [-0.2, 0) is 14.8 Å². The zero-order valence-electron chi connectivity index (χ0n) is 11.6. The smallest absolute Gasteiger partial charge is 0.243 e. The zero-order chi connectivity index (χ0) is 14.9. The van der Waals surface area contributed by atoms with Crippen molar-refractivity contribution in [3.63, 3.8) is 0 Å². The molecule has 3 heterocycles. The van der Waals surface area contributed by atoms with Gasteiger partial charge in [0.15, 0.2) is 0 Å². The molecule has 2 atom stereocenters. The van der Waals surface area contributed by atoms with Crippen LogP contribution in [0.2, 0.25) is 0 Å². The van der Waals surface area contributed by atoms with Crippen molar-refractivity contribution in [2.24, 2.45) is 0 Å². The van der Waals surface area contributed by atoms with Crippen LogP contribution in [0.15, 0.2) is 17.3 Å². The van der Waals surface area contributed by atoms with E-state index in [-0.39, 0.29) is 23.5 Å². The van der Waals surface area contributed by atoms with Crippen molar-refractivity contribution in [1.82, 2.24) is 19.6 Å². The Kier molecular flexibility index (Phi) is 4.07. The van der Waals surface area contributed by atoms with Gasteiger partial charge in [-0.2, -0.15) is 0 Å². The lowest BCUT2D eigenvalue weighted by atomic mass is 10.2. The van der Waals surface area contributed by atoms with E-state index in [0.717, 1.165) is 13.1 Å². The lowest BCUT2D eigenvalue weighted by Gasteiger charge is -2.35. The topological polar surface area (TPSA) is 110 Å². The molecule has 0 spiro atoms. The molecular weight excluding hydrogens is 294 g/mol. The Labute approximate surface area is 123 Å². The first kappa shape index (κ1) is 14.6. The Morgan fingerprint density at radius 1 is 1.43 bits per heavy atom. The number of anilines is 1. The number of nitrogen functional groups attached to an aromatic ring is 1. The maximum Gasteiger partial charge on any atom is 0.243 e. The number of rotatable bonds is 4. The number of sulfonamides is 1. The van der Waals surface area contributed by atoms with Gasteiger partial charge in [-0.15, -0.1) is 0 Å². The molecule has 0 aliphatic carbocycles. The van der Waals surface area contributed by atoms with Crippen molar-refractivity contribution < 1.29 is 13.2 Å². The van der Waals surface area contributed by atoms with Crippen LogP contribution in [-0.4, -0.2) is 61.7 Å². The molecule has 0 saturated carbocycles. The van der Waals surface area contributed by atoms with Gasteiger partial charge in [0.05, 0.1) is 25.1 Å². The Morgan fingerprint density at radius 3 is 2.95 bits per heavy atom. The molecule has 0 amide bonds. The summed E-state index contributed by atoms with van der Waals surface area (Å²) < 4.78 is 32.5. The highest BCUT2D eigenvalue weighted by Crippen LogP contribution is 2.22. The summed E-state index contributed by atoms with van der Waals surface area (Å²) in [5.41, 5.74) is 5.35. The van der Waals surface area contributed by atoms with Gasteiger partial charge in [-0.05, 0) is 19.4 Å². The van der Waals surface area contributed by atoms with Crippen molar-refractivity contribution in [2.45, 2.75) is 29.9 Å². The summed E-state index contributed by atoms with van der Waals surface area (Å²) in [5, 5.41) is 0.